The minimum Gasteiger partial charge on any atom is -0.507 e. The van der Waals surface area contributed by atoms with E-state index in [1.54, 1.807) is 6.92 Å². The number of benzene rings is 2. The number of anilines is 1. The van der Waals surface area contributed by atoms with Crippen LogP contribution < -0.4 is 10.9 Å². The van der Waals surface area contributed by atoms with Crippen LogP contribution in [0.2, 0.25) is 5.02 Å². The van der Waals surface area contributed by atoms with Gasteiger partial charge in [-0.05, 0) is 42.7 Å². The first-order valence-electron chi connectivity index (χ1n) is 9.97. The Morgan fingerprint density at radius 2 is 1.88 bits per heavy atom. The summed E-state index contributed by atoms with van der Waals surface area (Å²) in [7, 11) is 0. The van der Waals surface area contributed by atoms with Gasteiger partial charge >= 0.3 is 11.8 Å². The summed E-state index contributed by atoms with van der Waals surface area (Å²) in [6.07, 6.45) is -3.86. The lowest BCUT2D eigenvalue weighted by atomic mass is 9.64. The molecule has 1 aromatic heterocycles. The zero-order valence-corrected chi connectivity index (χ0v) is 18.2. The highest BCUT2D eigenvalue weighted by Gasteiger charge is 2.66. The van der Waals surface area contributed by atoms with Crippen molar-refractivity contribution in [1.29, 1.82) is 0 Å². The summed E-state index contributed by atoms with van der Waals surface area (Å²) in [5.41, 5.74) is -2.93. The van der Waals surface area contributed by atoms with Gasteiger partial charge in [0.25, 0.3) is 0 Å². The molecule has 2 aromatic carbocycles. The number of hydrogen-bond donors (Lipinski definition) is 3. The number of aromatic hydroxyl groups is 1. The third kappa shape index (κ3) is 3.08. The molecule has 0 fully saturated rings. The molecule has 1 heterocycles. The van der Waals surface area contributed by atoms with Crippen LogP contribution in [0.15, 0.2) is 45.8 Å². The third-order valence-electron chi connectivity index (χ3n) is 6.70. The van der Waals surface area contributed by atoms with Crippen LogP contribution >= 0.6 is 11.6 Å². The average molecular weight is 468 g/mol. The Balaban J connectivity index is 2.01. The molecule has 5 nitrogen and oxygen atoms in total. The first-order valence-corrected chi connectivity index (χ1v) is 10.3. The normalized spacial score (nSPS) is 25.6. The average Bonchev–Trinajstić information content (AvgIpc) is 2.73. The molecule has 3 aromatic rings. The van der Waals surface area contributed by atoms with Gasteiger partial charge in [-0.3, -0.25) is 0 Å². The van der Waals surface area contributed by atoms with E-state index in [0.717, 1.165) is 6.26 Å². The van der Waals surface area contributed by atoms with Crippen LogP contribution in [0.3, 0.4) is 0 Å². The molecule has 0 bridgehead atoms. The van der Waals surface area contributed by atoms with Crippen LogP contribution in [0.4, 0.5) is 18.9 Å². The molecule has 32 heavy (non-hydrogen) atoms. The van der Waals surface area contributed by atoms with Gasteiger partial charge in [0, 0.05) is 33.1 Å². The summed E-state index contributed by atoms with van der Waals surface area (Å²) in [4.78, 5) is 12.1. The molecule has 1 aliphatic rings. The maximum Gasteiger partial charge on any atom is 0.419 e. The molecule has 0 spiro atoms. The van der Waals surface area contributed by atoms with E-state index >= 15 is 0 Å². The van der Waals surface area contributed by atoms with Gasteiger partial charge in [0.15, 0.2) is 5.60 Å². The lowest BCUT2D eigenvalue weighted by Gasteiger charge is -2.49. The van der Waals surface area contributed by atoms with Gasteiger partial charge in [0.05, 0.1) is 17.7 Å². The van der Waals surface area contributed by atoms with Crippen molar-refractivity contribution in [3.63, 3.8) is 0 Å². The summed E-state index contributed by atoms with van der Waals surface area (Å²) < 4.78 is 48.1. The Hall–Kier alpha value is -2.71. The topological polar surface area (TPSA) is 82.7 Å². The number of halogens is 4. The van der Waals surface area contributed by atoms with E-state index in [0.29, 0.717) is 16.5 Å². The molecule has 4 atom stereocenters. The monoisotopic (exact) mass is 467 g/mol. The summed E-state index contributed by atoms with van der Waals surface area (Å²) >= 11 is 6.22. The number of phenolic OH excluding ortho intramolecular Hbond substituents is 1. The summed E-state index contributed by atoms with van der Waals surface area (Å²) in [6.45, 7) is 4.41. The molecule has 0 saturated carbocycles. The predicted octanol–water partition coefficient (Wildman–Crippen LogP) is 5.66. The SMILES string of the molecule is Cc1c(Cl)cc2c(c1O)C(C)C(C)C(O)(C(F)(F)F)C2Nc1cccc2c(=O)occc12. The molecule has 0 radical (unpaired) electrons. The second-order valence-corrected chi connectivity index (χ2v) is 8.69. The van der Waals surface area contributed by atoms with E-state index < -0.39 is 35.3 Å². The van der Waals surface area contributed by atoms with Crippen LogP contribution in [-0.4, -0.2) is 22.0 Å². The Bertz CT molecular complexity index is 1270. The lowest BCUT2D eigenvalue weighted by Crippen LogP contribution is -2.60. The fourth-order valence-corrected chi connectivity index (χ4v) is 4.87. The molecule has 3 N–H and O–H groups in total. The number of alkyl halides is 3. The van der Waals surface area contributed by atoms with E-state index in [2.05, 4.69) is 5.32 Å². The minimum atomic E-state index is -5.01. The maximum atomic E-state index is 14.4. The summed E-state index contributed by atoms with van der Waals surface area (Å²) in [5, 5.41) is 25.4. The predicted molar refractivity (Wildman–Crippen MR) is 115 cm³/mol. The zero-order chi connectivity index (χ0) is 23.6. The number of phenols is 1. The number of aliphatic hydroxyl groups is 1. The molecule has 4 unspecified atom stereocenters. The van der Waals surface area contributed by atoms with Crippen LogP contribution in [0.1, 0.15) is 42.5 Å². The van der Waals surface area contributed by atoms with Crippen LogP contribution in [-0.2, 0) is 0 Å². The van der Waals surface area contributed by atoms with Crippen LogP contribution in [0.5, 0.6) is 5.75 Å². The minimum absolute atomic E-state index is 0.0449. The number of hydrogen-bond acceptors (Lipinski definition) is 5. The Morgan fingerprint density at radius 3 is 2.53 bits per heavy atom. The largest absolute Gasteiger partial charge is 0.507 e. The van der Waals surface area contributed by atoms with Gasteiger partial charge in [0.1, 0.15) is 5.75 Å². The van der Waals surface area contributed by atoms with E-state index in [1.807, 2.05) is 0 Å². The van der Waals surface area contributed by atoms with Crippen molar-refractivity contribution in [3.8, 4) is 5.75 Å². The number of rotatable bonds is 2. The molecule has 0 saturated heterocycles. The van der Waals surface area contributed by atoms with Gasteiger partial charge < -0.3 is 19.9 Å². The van der Waals surface area contributed by atoms with Gasteiger partial charge in [-0.15, -0.1) is 0 Å². The van der Waals surface area contributed by atoms with E-state index in [-0.39, 0.29) is 27.4 Å². The fourth-order valence-electron chi connectivity index (χ4n) is 4.66. The third-order valence-corrected chi connectivity index (χ3v) is 7.09. The van der Waals surface area contributed by atoms with Crippen molar-refractivity contribution in [2.75, 3.05) is 5.32 Å². The molecular formula is C23H21ClF3NO4. The van der Waals surface area contributed by atoms with E-state index in [4.69, 9.17) is 16.0 Å². The maximum absolute atomic E-state index is 14.4. The van der Waals surface area contributed by atoms with Crippen molar-refractivity contribution in [1.82, 2.24) is 0 Å². The Labute approximate surface area is 186 Å². The van der Waals surface area contributed by atoms with Crippen molar-refractivity contribution >= 4 is 28.1 Å². The summed E-state index contributed by atoms with van der Waals surface area (Å²) in [6, 6.07) is 5.61. The van der Waals surface area contributed by atoms with Crippen LogP contribution in [0, 0.1) is 12.8 Å². The highest BCUT2D eigenvalue weighted by atomic mass is 35.5. The van der Waals surface area contributed by atoms with Crippen LogP contribution in [0.25, 0.3) is 10.8 Å². The van der Waals surface area contributed by atoms with Gasteiger partial charge in [0.2, 0.25) is 0 Å². The van der Waals surface area contributed by atoms with Gasteiger partial charge in [-0.1, -0.05) is 31.5 Å². The smallest absolute Gasteiger partial charge is 0.419 e. The van der Waals surface area contributed by atoms with E-state index in [9.17, 15) is 28.2 Å². The molecule has 170 valence electrons. The van der Waals surface area contributed by atoms with Crippen molar-refractivity contribution in [3.05, 3.63) is 68.7 Å². The summed E-state index contributed by atoms with van der Waals surface area (Å²) in [5.74, 6) is -2.31. The zero-order valence-electron chi connectivity index (χ0n) is 17.4. The number of fused-ring (bicyclic) bond motifs is 2. The molecule has 0 amide bonds. The first kappa shape index (κ1) is 22.5. The molecule has 0 aliphatic heterocycles. The quantitative estimate of drug-likeness (QED) is 0.453. The first-order chi connectivity index (χ1) is 14.9. The molecule has 4 rings (SSSR count). The fraction of sp³-hybridized carbons (Fsp3) is 0.348. The highest BCUT2D eigenvalue weighted by molar-refractivity contribution is 6.31. The standard InChI is InChI=1S/C23H21ClF3NO4/c1-10-12(3)22(31,23(25,26)27)20(15-9-16(24)11(2)19(29)18(10)15)28-17-6-4-5-14-13(17)7-8-32-21(14)30/h4-10,12,20,28-29,31H,1-3H3. The lowest BCUT2D eigenvalue weighted by molar-refractivity contribution is -0.289. The van der Waals surface area contributed by atoms with Gasteiger partial charge in [-0.25, -0.2) is 4.79 Å². The molecule has 9 heteroatoms. The van der Waals surface area contributed by atoms with Crippen molar-refractivity contribution < 1.29 is 27.8 Å². The second kappa shape index (κ2) is 7.42. The molecule has 1 aliphatic carbocycles. The second-order valence-electron chi connectivity index (χ2n) is 8.29. The molecular weight excluding hydrogens is 447 g/mol. The van der Waals surface area contributed by atoms with E-state index in [1.165, 1.54) is 44.2 Å². The van der Waals surface area contributed by atoms with Crippen molar-refractivity contribution in [2.24, 2.45) is 5.92 Å². The number of nitrogens with one attached hydrogen (secondary N) is 1. The van der Waals surface area contributed by atoms with Gasteiger partial charge in [-0.2, -0.15) is 13.2 Å². The van der Waals surface area contributed by atoms with Crippen molar-refractivity contribution in [2.45, 2.75) is 44.5 Å². The Kier molecular flexibility index (Phi) is 5.21. The Morgan fingerprint density at radius 1 is 1.19 bits per heavy atom. The highest BCUT2D eigenvalue weighted by Crippen LogP contribution is 2.58.